The van der Waals surface area contributed by atoms with Crippen molar-refractivity contribution in [3.63, 3.8) is 0 Å². The maximum absolute atomic E-state index is 12.2. The molecular weight excluding hydrogens is 167 g/mol. The summed E-state index contributed by atoms with van der Waals surface area (Å²) >= 11 is 0. The van der Waals surface area contributed by atoms with Gasteiger partial charge in [-0.1, -0.05) is 0 Å². The van der Waals surface area contributed by atoms with E-state index in [4.69, 9.17) is 0 Å². The molecule has 1 fully saturated rings. The highest BCUT2D eigenvalue weighted by atomic mass is 19.4. The van der Waals surface area contributed by atoms with Crippen molar-refractivity contribution in [3.05, 3.63) is 0 Å². The number of rotatable bonds is 1. The van der Waals surface area contributed by atoms with Gasteiger partial charge in [0.05, 0.1) is 26.7 Å². The van der Waals surface area contributed by atoms with Gasteiger partial charge >= 0.3 is 6.18 Å². The monoisotopic (exact) mass is 182 g/mol. The van der Waals surface area contributed by atoms with Crippen LogP contribution in [0.4, 0.5) is 13.2 Å². The first-order valence-corrected chi connectivity index (χ1v) is 4.28. The van der Waals surface area contributed by atoms with Gasteiger partial charge in [-0.2, -0.15) is 13.2 Å². The van der Waals surface area contributed by atoms with Gasteiger partial charge in [-0.05, 0) is 6.92 Å². The van der Waals surface area contributed by atoms with E-state index in [9.17, 15) is 13.2 Å². The third-order valence-corrected chi connectivity index (χ3v) is 2.90. The molecule has 1 aliphatic rings. The molecule has 0 aromatic carbocycles. The highest BCUT2D eigenvalue weighted by Crippen LogP contribution is 2.35. The Balaban J connectivity index is 2.57. The van der Waals surface area contributed by atoms with Gasteiger partial charge in [-0.15, -0.1) is 0 Å². The first kappa shape index (κ1) is 9.84. The Morgan fingerprint density at radius 3 is 2.25 bits per heavy atom. The minimum Gasteiger partial charge on any atom is -0.326 e. The summed E-state index contributed by atoms with van der Waals surface area (Å²) in [5, 5.41) is 0. The predicted molar refractivity (Wildman–Crippen MR) is 40.6 cm³/mol. The fourth-order valence-electron chi connectivity index (χ4n) is 1.74. The number of hydrogen-bond acceptors (Lipinski definition) is 0. The molecule has 1 nitrogen and oxygen atoms in total. The van der Waals surface area contributed by atoms with Crippen LogP contribution in [-0.2, 0) is 0 Å². The first-order valence-electron chi connectivity index (χ1n) is 4.28. The molecule has 0 radical (unpaired) electrons. The van der Waals surface area contributed by atoms with E-state index < -0.39 is 12.1 Å². The summed E-state index contributed by atoms with van der Waals surface area (Å²) in [5.41, 5.74) is 0. The Labute approximate surface area is 70.8 Å². The molecule has 0 spiro atoms. The van der Waals surface area contributed by atoms with Crippen molar-refractivity contribution >= 4 is 0 Å². The van der Waals surface area contributed by atoms with E-state index in [1.54, 1.807) is 0 Å². The molecule has 1 saturated heterocycles. The van der Waals surface area contributed by atoms with Gasteiger partial charge in [0.25, 0.3) is 0 Å². The van der Waals surface area contributed by atoms with Crippen LogP contribution in [0.2, 0.25) is 0 Å². The van der Waals surface area contributed by atoms with Gasteiger partial charge < -0.3 is 4.48 Å². The lowest BCUT2D eigenvalue weighted by molar-refractivity contribution is -0.898. The third kappa shape index (κ3) is 1.91. The molecule has 0 aromatic rings. The molecular formula is C8H15F3N+. The molecule has 1 aliphatic heterocycles. The van der Waals surface area contributed by atoms with Crippen molar-refractivity contribution < 1.29 is 17.7 Å². The summed E-state index contributed by atoms with van der Waals surface area (Å²) < 4.78 is 37.3. The van der Waals surface area contributed by atoms with Crippen LogP contribution in [0.15, 0.2) is 0 Å². The SMILES string of the molecule is CC[N@@+]1(C)CC[C@H](C(F)(F)F)C1. The molecule has 0 aromatic heterocycles. The lowest BCUT2D eigenvalue weighted by atomic mass is 10.1. The zero-order valence-corrected chi connectivity index (χ0v) is 7.49. The summed E-state index contributed by atoms with van der Waals surface area (Å²) in [7, 11) is 1.89. The molecule has 0 amide bonds. The van der Waals surface area contributed by atoms with Gasteiger partial charge in [0, 0.05) is 6.42 Å². The standard InChI is InChI=1S/C8H15F3N/c1-3-12(2)5-4-7(6-12)8(9,10)11/h7H,3-6H2,1-2H3/q+1/t7-,12-/m0/s1. The molecule has 0 aliphatic carbocycles. The molecule has 2 atom stereocenters. The van der Waals surface area contributed by atoms with Gasteiger partial charge in [-0.25, -0.2) is 0 Å². The summed E-state index contributed by atoms with van der Waals surface area (Å²) in [6, 6.07) is 0. The highest BCUT2D eigenvalue weighted by Gasteiger charge is 2.48. The van der Waals surface area contributed by atoms with Crippen molar-refractivity contribution in [2.75, 3.05) is 26.7 Å². The second-order valence-corrected chi connectivity index (χ2v) is 3.87. The average molecular weight is 182 g/mol. The predicted octanol–water partition coefficient (Wildman–Crippen LogP) is 2.04. The van der Waals surface area contributed by atoms with Crippen LogP contribution in [0.5, 0.6) is 0 Å². The van der Waals surface area contributed by atoms with E-state index in [2.05, 4.69) is 0 Å². The van der Waals surface area contributed by atoms with Gasteiger partial charge in [0.1, 0.15) is 5.92 Å². The van der Waals surface area contributed by atoms with Crippen molar-refractivity contribution in [2.24, 2.45) is 5.92 Å². The van der Waals surface area contributed by atoms with Crippen LogP contribution in [0, 0.1) is 5.92 Å². The Bertz CT molecular complexity index is 166. The van der Waals surface area contributed by atoms with Crippen LogP contribution in [0.1, 0.15) is 13.3 Å². The number of alkyl halides is 3. The normalized spacial score (nSPS) is 37.2. The topological polar surface area (TPSA) is 0 Å². The van der Waals surface area contributed by atoms with E-state index >= 15 is 0 Å². The Kier molecular flexibility index (Phi) is 2.38. The fourth-order valence-corrected chi connectivity index (χ4v) is 1.74. The molecule has 0 unspecified atom stereocenters. The number of quaternary nitrogens is 1. The maximum atomic E-state index is 12.2. The maximum Gasteiger partial charge on any atom is 0.397 e. The molecule has 4 heteroatoms. The van der Waals surface area contributed by atoms with Gasteiger partial charge in [-0.3, -0.25) is 0 Å². The highest BCUT2D eigenvalue weighted by molar-refractivity contribution is 4.72. The Hall–Kier alpha value is -0.250. The number of likely N-dealkylation sites (tertiary alicyclic amines) is 1. The van der Waals surface area contributed by atoms with Crippen LogP contribution in [-0.4, -0.2) is 37.3 Å². The molecule has 72 valence electrons. The van der Waals surface area contributed by atoms with Crippen molar-refractivity contribution in [1.82, 2.24) is 0 Å². The Morgan fingerprint density at radius 2 is 2.00 bits per heavy atom. The van der Waals surface area contributed by atoms with Gasteiger partial charge in [0.2, 0.25) is 0 Å². The van der Waals surface area contributed by atoms with E-state index in [1.165, 1.54) is 0 Å². The molecule has 1 rings (SSSR count). The zero-order chi connectivity index (χ0) is 9.41. The van der Waals surface area contributed by atoms with Gasteiger partial charge in [0.15, 0.2) is 0 Å². The molecule has 1 heterocycles. The summed E-state index contributed by atoms with van der Waals surface area (Å²) in [5.74, 6) is -1.07. The van der Waals surface area contributed by atoms with Crippen LogP contribution >= 0.6 is 0 Å². The summed E-state index contributed by atoms with van der Waals surface area (Å²) in [4.78, 5) is 0. The smallest absolute Gasteiger partial charge is 0.326 e. The minimum atomic E-state index is -3.98. The molecule has 0 saturated carbocycles. The van der Waals surface area contributed by atoms with E-state index in [0.29, 0.717) is 17.4 Å². The number of hydrogen-bond donors (Lipinski definition) is 0. The number of nitrogens with zero attached hydrogens (tertiary/aromatic N) is 1. The van der Waals surface area contributed by atoms with Crippen molar-refractivity contribution in [3.8, 4) is 0 Å². The Morgan fingerprint density at radius 1 is 1.42 bits per heavy atom. The summed E-state index contributed by atoms with van der Waals surface area (Å²) in [6.45, 7) is 3.67. The third-order valence-electron chi connectivity index (χ3n) is 2.90. The second-order valence-electron chi connectivity index (χ2n) is 3.87. The lowest BCUT2D eigenvalue weighted by Crippen LogP contribution is -2.42. The number of halogens is 3. The van der Waals surface area contributed by atoms with Crippen LogP contribution in [0.25, 0.3) is 0 Å². The van der Waals surface area contributed by atoms with Crippen molar-refractivity contribution in [1.29, 1.82) is 0 Å². The second kappa shape index (κ2) is 2.91. The fraction of sp³-hybridized carbons (Fsp3) is 1.00. The average Bonchev–Trinajstić information content (AvgIpc) is 2.32. The largest absolute Gasteiger partial charge is 0.397 e. The molecule has 0 bridgehead atoms. The van der Waals surface area contributed by atoms with E-state index in [1.807, 2.05) is 14.0 Å². The zero-order valence-electron chi connectivity index (χ0n) is 7.49. The first-order chi connectivity index (χ1) is 5.37. The van der Waals surface area contributed by atoms with Crippen molar-refractivity contribution in [2.45, 2.75) is 19.5 Å². The lowest BCUT2D eigenvalue weighted by Gasteiger charge is -2.28. The molecule has 12 heavy (non-hydrogen) atoms. The quantitative estimate of drug-likeness (QED) is 0.544. The van der Waals surface area contributed by atoms with E-state index in [0.717, 1.165) is 6.54 Å². The van der Waals surface area contributed by atoms with E-state index in [-0.39, 0.29) is 6.54 Å². The molecule has 0 N–H and O–H groups in total. The summed E-state index contributed by atoms with van der Waals surface area (Å²) in [6.07, 6.45) is -3.68. The van der Waals surface area contributed by atoms with Crippen LogP contribution < -0.4 is 0 Å². The minimum absolute atomic E-state index is 0.264. The van der Waals surface area contributed by atoms with Crippen LogP contribution in [0.3, 0.4) is 0 Å².